The van der Waals surface area contributed by atoms with Gasteiger partial charge in [-0.3, -0.25) is 4.90 Å². The van der Waals surface area contributed by atoms with Crippen LogP contribution in [0.4, 0.5) is 17.6 Å². The van der Waals surface area contributed by atoms with Gasteiger partial charge in [0.1, 0.15) is 16.9 Å². The molecule has 3 aliphatic rings. The zero-order valence-corrected chi connectivity index (χ0v) is 18.9. The first-order valence-electron chi connectivity index (χ1n) is 11.3. The second kappa shape index (κ2) is 8.68. The fourth-order valence-electron chi connectivity index (χ4n) is 5.31. The van der Waals surface area contributed by atoms with Gasteiger partial charge in [0.05, 0.1) is 11.1 Å². The van der Waals surface area contributed by atoms with Gasteiger partial charge in [-0.1, -0.05) is 11.6 Å². The Hall–Kier alpha value is -2.39. The summed E-state index contributed by atoms with van der Waals surface area (Å²) in [5, 5.41) is 9.12. The molecule has 5 rings (SSSR count). The number of carboxylic acid groups (broad SMARTS) is 1. The van der Waals surface area contributed by atoms with Gasteiger partial charge in [0.25, 0.3) is 0 Å². The summed E-state index contributed by atoms with van der Waals surface area (Å²) in [5.74, 6) is -1.71. The fourth-order valence-corrected chi connectivity index (χ4v) is 5.52. The highest BCUT2D eigenvalue weighted by molar-refractivity contribution is 6.31. The molecule has 2 aromatic rings. The Morgan fingerprint density at radius 3 is 2.38 bits per heavy atom. The number of carbonyl (C=O) groups is 1. The van der Waals surface area contributed by atoms with E-state index in [0.29, 0.717) is 19.4 Å². The van der Waals surface area contributed by atoms with Crippen LogP contribution in [0.3, 0.4) is 0 Å². The minimum atomic E-state index is -4.53. The number of hydrogen-bond donors (Lipinski definition) is 1. The lowest BCUT2D eigenvalue weighted by atomic mass is 9.95. The summed E-state index contributed by atoms with van der Waals surface area (Å²) in [6, 6.07) is 4.02. The Balaban J connectivity index is 1.30. The maximum absolute atomic E-state index is 14.5. The van der Waals surface area contributed by atoms with Crippen molar-refractivity contribution in [1.29, 1.82) is 0 Å². The number of fused-ring (bicyclic) bond motifs is 2. The number of nitrogens with zero attached hydrogens (tertiary/aromatic N) is 2. The third-order valence-electron chi connectivity index (χ3n) is 7.08. The normalized spacial score (nSPS) is 24.9. The van der Waals surface area contributed by atoms with E-state index in [1.807, 2.05) is 0 Å². The van der Waals surface area contributed by atoms with Crippen LogP contribution >= 0.6 is 11.6 Å². The van der Waals surface area contributed by atoms with Gasteiger partial charge in [-0.05, 0) is 73.8 Å². The third-order valence-corrected chi connectivity index (χ3v) is 7.35. The van der Waals surface area contributed by atoms with Gasteiger partial charge in [0.2, 0.25) is 5.88 Å². The average Bonchev–Trinajstić information content (AvgIpc) is 3.56. The summed E-state index contributed by atoms with van der Waals surface area (Å²) in [6.07, 6.45) is 1.10. The minimum absolute atomic E-state index is 0.00475. The van der Waals surface area contributed by atoms with Crippen LogP contribution in [0.25, 0.3) is 0 Å². The molecule has 34 heavy (non-hydrogen) atoms. The zero-order valence-electron chi connectivity index (χ0n) is 18.1. The lowest BCUT2D eigenvalue weighted by molar-refractivity contribution is -0.137. The zero-order chi connectivity index (χ0) is 24.2. The monoisotopic (exact) mass is 498 g/mol. The minimum Gasteiger partial charge on any atom is -0.478 e. The van der Waals surface area contributed by atoms with Crippen molar-refractivity contribution < 1.29 is 32.2 Å². The number of ether oxygens (including phenoxy) is 1. The summed E-state index contributed by atoms with van der Waals surface area (Å²) < 4.78 is 59.0. The third kappa shape index (κ3) is 4.60. The molecule has 5 nitrogen and oxygen atoms in total. The van der Waals surface area contributed by atoms with Crippen molar-refractivity contribution in [3.8, 4) is 5.88 Å². The first-order valence-corrected chi connectivity index (χ1v) is 11.7. The Morgan fingerprint density at radius 2 is 1.82 bits per heavy atom. The maximum Gasteiger partial charge on any atom is 0.417 e. The number of alkyl halides is 3. The predicted molar refractivity (Wildman–Crippen MR) is 116 cm³/mol. The molecule has 182 valence electrons. The topological polar surface area (TPSA) is 62.7 Å². The van der Waals surface area contributed by atoms with Gasteiger partial charge in [0, 0.05) is 24.8 Å². The molecule has 3 fully saturated rings. The maximum atomic E-state index is 14.5. The van der Waals surface area contributed by atoms with E-state index in [1.165, 1.54) is 12.1 Å². The number of aromatic carboxylic acids is 1. The molecule has 1 N–H and O–H groups in total. The SMILES string of the molecule is O=C(O)c1cc(C2CC2)c(CN2[C@@H]3CC[C@H]2CC(Oc2ncc(C(F)(F)F)cc2Cl)C3)cc1F. The van der Waals surface area contributed by atoms with Gasteiger partial charge in [-0.15, -0.1) is 0 Å². The number of rotatable bonds is 6. The van der Waals surface area contributed by atoms with Crippen LogP contribution in [0.15, 0.2) is 24.4 Å². The van der Waals surface area contributed by atoms with Crippen molar-refractivity contribution in [2.24, 2.45) is 0 Å². The van der Waals surface area contributed by atoms with Gasteiger partial charge in [0.15, 0.2) is 0 Å². The van der Waals surface area contributed by atoms with Gasteiger partial charge >= 0.3 is 12.1 Å². The summed E-state index contributed by atoms with van der Waals surface area (Å²) in [6.45, 7) is 0.532. The first-order chi connectivity index (χ1) is 16.1. The van der Waals surface area contributed by atoms with Gasteiger partial charge < -0.3 is 9.84 Å². The molecular weight excluding hydrogens is 476 g/mol. The number of piperidine rings is 1. The van der Waals surface area contributed by atoms with Crippen LogP contribution in [0.2, 0.25) is 5.02 Å². The van der Waals surface area contributed by atoms with Crippen LogP contribution in [0.5, 0.6) is 5.88 Å². The first kappa shape index (κ1) is 23.4. The molecule has 1 saturated carbocycles. The molecular formula is C24H23ClF4N2O3. The molecule has 0 amide bonds. The van der Waals surface area contributed by atoms with E-state index < -0.39 is 23.5 Å². The molecule has 10 heteroatoms. The molecule has 3 heterocycles. The Bertz CT molecular complexity index is 1110. The van der Waals surface area contributed by atoms with Crippen LogP contribution < -0.4 is 4.74 Å². The van der Waals surface area contributed by atoms with Crippen molar-refractivity contribution >= 4 is 17.6 Å². The van der Waals surface area contributed by atoms with Gasteiger partial charge in [-0.2, -0.15) is 13.2 Å². The number of halogens is 5. The molecule has 1 aromatic carbocycles. The van der Waals surface area contributed by atoms with Crippen LogP contribution in [-0.2, 0) is 12.7 Å². The van der Waals surface area contributed by atoms with Crippen LogP contribution in [0, 0.1) is 5.82 Å². The highest BCUT2D eigenvalue weighted by Gasteiger charge is 2.42. The lowest BCUT2D eigenvalue weighted by Gasteiger charge is -2.39. The molecule has 1 aromatic heterocycles. The fraction of sp³-hybridized carbons (Fsp3) is 0.500. The van der Waals surface area contributed by atoms with E-state index in [0.717, 1.165) is 49.1 Å². The van der Waals surface area contributed by atoms with E-state index in [9.17, 15) is 27.5 Å². The van der Waals surface area contributed by atoms with E-state index in [2.05, 4.69) is 9.88 Å². The number of pyridine rings is 1. The van der Waals surface area contributed by atoms with Crippen LogP contribution in [-0.4, -0.2) is 39.1 Å². The lowest BCUT2D eigenvalue weighted by Crippen LogP contribution is -2.46. The Labute approximate surface area is 198 Å². The highest BCUT2D eigenvalue weighted by atomic mass is 35.5. The molecule has 2 aliphatic heterocycles. The van der Waals surface area contributed by atoms with Crippen LogP contribution in [0.1, 0.15) is 71.5 Å². The number of aromatic nitrogens is 1. The molecule has 2 bridgehead atoms. The van der Waals surface area contributed by atoms with Crippen molar-refractivity contribution in [2.75, 3.05) is 0 Å². The number of carboxylic acids is 1. The molecule has 3 atom stereocenters. The predicted octanol–water partition coefficient (Wildman–Crippen LogP) is 6.04. The molecule has 1 unspecified atom stereocenters. The largest absolute Gasteiger partial charge is 0.478 e. The van der Waals surface area contributed by atoms with Crippen molar-refractivity contribution in [2.45, 2.75) is 75.4 Å². The molecule has 0 radical (unpaired) electrons. The second-order valence-corrected chi connectivity index (χ2v) is 9.79. The number of hydrogen-bond acceptors (Lipinski definition) is 4. The van der Waals surface area contributed by atoms with E-state index >= 15 is 0 Å². The molecule has 0 spiro atoms. The summed E-state index contributed by atoms with van der Waals surface area (Å²) >= 11 is 6.01. The summed E-state index contributed by atoms with van der Waals surface area (Å²) in [7, 11) is 0. The summed E-state index contributed by atoms with van der Waals surface area (Å²) in [4.78, 5) is 17.5. The van der Waals surface area contributed by atoms with E-state index in [-0.39, 0.29) is 40.6 Å². The van der Waals surface area contributed by atoms with Crippen molar-refractivity contribution in [1.82, 2.24) is 9.88 Å². The quantitative estimate of drug-likeness (QED) is 0.492. The van der Waals surface area contributed by atoms with Crippen molar-refractivity contribution in [3.63, 3.8) is 0 Å². The van der Waals surface area contributed by atoms with E-state index in [4.69, 9.17) is 16.3 Å². The molecule has 1 aliphatic carbocycles. The Kier molecular flexibility index (Phi) is 5.96. The second-order valence-electron chi connectivity index (χ2n) is 9.39. The summed E-state index contributed by atoms with van der Waals surface area (Å²) in [5.41, 5.74) is 0.528. The highest BCUT2D eigenvalue weighted by Crippen LogP contribution is 2.45. The number of benzene rings is 1. The smallest absolute Gasteiger partial charge is 0.417 e. The molecule has 2 saturated heterocycles. The standard InChI is InChI=1S/C24H23ClF4N2O3/c25-20-6-14(24(27,28)29)10-30-22(20)34-17-7-15-3-4-16(8-17)31(15)11-13-5-21(26)19(23(32)33)9-18(13)12-1-2-12/h5-6,9-10,12,15-17H,1-4,7-8,11H2,(H,32,33)/t15-,16+,17?. The van der Waals surface area contributed by atoms with Crippen molar-refractivity contribution in [3.05, 3.63) is 57.5 Å². The average molecular weight is 499 g/mol. The van der Waals surface area contributed by atoms with Gasteiger partial charge in [-0.25, -0.2) is 14.2 Å². The van der Waals surface area contributed by atoms with E-state index in [1.54, 1.807) is 0 Å². The Morgan fingerprint density at radius 1 is 1.15 bits per heavy atom.